The minimum Gasteiger partial charge on any atom is -0.335 e. The van der Waals surface area contributed by atoms with Crippen LogP contribution in [-0.4, -0.2) is 14.8 Å². The van der Waals surface area contributed by atoms with Crippen molar-refractivity contribution in [2.24, 2.45) is 0 Å². The molecule has 0 aliphatic heterocycles. The van der Waals surface area contributed by atoms with Crippen LogP contribution in [0.3, 0.4) is 0 Å². The zero-order valence-corrected chi connectivity index (χ0v) is 17.0. The molecule has 0 spiro atoms. The minimum absolute atomic E-state index is 0.473. The highest BCUT2D eigenvalue weighted by atomic mass is 79.9. The van der Waals surface area contributed by atoms with E-state index in [9.17, 15) is 0 Å². The van der Waals surface area contributed by atoms with E-state index in [0.29, 0.717) is 9.88 Å². The molecule has 0 saturated heterocycles. The van der Waals surface area contributed by atoms with Crippen molar-refractivity contribution in [2.75, 3.05) is 10.7 Å². The van der Waals surface area contributed by atoms with E-state index < -0.39 is 0 Å². The van der Waals surface area contributed by atoms with Gasteiger partial charge < -0.3 is 10.3 Å². The third kappa shape index (κ3) is 4.18. The van der Waals surface area contributed by atoms with Gasteiger partial charge in [-0.1, -0.05) is 45.8 Å². The van der Waals surface area contributed by atoms with E-state index in [-0.39, 0.29) is 0 Å². The average Bonchev–Trinajstić information content (AvgIpc) is 2.92. The van der Waals surface area contributed by atoms with E-state index in [1.54, 1.807) is 4.68 Å². The molecule has 0 unspecified atom stereocenters. The molecule has 4 nitrogen and oxygen atoms in total. The monoisotopic (exact) mass is 432 g/mol. The summed E-state index contributed by atoms with van der Waals surface area (Å²) >= 11 is 14.3. The number of nitrogens with one attached hydrogen (secondary N) is 3. The summed E-state index contributed by atoms with van der Waals surface area (Å²) in [6, 6.07) is 14.2. The Labute approximate surface area is 165 Å². The second-order valence-corrected chi connectivity index (χ2v) is 7.42. The fourth-order valence-corrected chi connectivity index (χ4v) is 3.19. The highest BCUT2D eigenvalue weighted by Gasteiger charge is 2.09. The van der Waals surface area contributed by atoms with Crippen molar-refractivity contribution >= 4 is 51.2 Å². The van der Waals surface area contributed by atoms with Crippen molar-refractivity contribution in [1.29, 1.82) is 0 Å². The van der Waals surface area contributed by atoms with Gasteiger partial charge in [0.15, 0.2) is 9.88 Å². The first-order valence-electron chi connectivity index (χ1n) is 7.65. The summed E-state index contributed by atoms with van der Waals surface area (Å²) in [4.78, 5) is 3.05. The molecule has 0 atom stereocenters. The van der Waals surface area contributed by atoms with Gasteiger partial charge in [-0.15, -0.1) is 0 Å². The van der Waals surface area contributed by atoms with Gasteiger partial charge in [0, 0.05) is 21.9 Å². The Balaban J connectivity index is 1.83. The van der Waals surface area contributed by atoms with Gasteiger partial charge in [-0.05, 0) is 62.0 Å². The normalized spacial score (nSPS) is 10.5. The van der Waals surface area contributed by atoms with Gasteiger partial charge in [0.1, 0.15) is 0 Å². The van der Waals surface area contributed by atoms with Crippen LogP contribution in [0.1, 0.15) is 11.1 Å². The molecule has 0 radical (unpaired) electrons. The first-order chi connectivity index (χ1) is 11.9. The van der Waals surface area contributed by atoms with Crippen LogP contribution in [0.15, 0.2) is 53.1 Å². The zero-order chi connectivity index (χ0) is 18.0. The van der Waals surface area contributed by atoms with E-state index in [4.69, 9.17) is 24.4 Å². The van der Waals surface area contributed by atoms with Crippen LogP contribution in [0.4, 0.5) is 5.69 Å². The summed E-state index contributed by atoms with van der Waals surface area (Å²) in [5.74, 6) is 0. The molecule has 0 bridgehead atoms. The SMILES string of the molecule is Cc1ccc(NC(=S)Nn2c(-c3ccc(Br)cc3)c[nH]c2=S)c(C)c1. The lowest BCUT2D eigenvalue weighted by Crippen LogP contribution is -2.28. The molecule has 1 aromatic heterocycles. The number of thiocarbonyl (C=S) groups is 1. The molecule has 0 fully saturated rings. The number of nitrogens with zero attached hydrogens (tertiary/aromatic N) is 1. The number of aromatic amines is 1. The molecule has 2 aromatic carbocycles. The number of aromatic nitrogens is 2. The highest BCUT2D eigenvalue weighted by Crippen LogP contribution is 2.22. The predicted molar refractivity (Wildman–Crippen MR) is 114 cm³/mol. The Hall–Kier alpha value is -1.96. The lowest BCUT2D eigenvalue weighted by atomic mass is 10.1. The van der Waals surface area contributed by atoms with Crippen molar-refractivity contribution in [3.8, 4) is 11.3 Å². The summed E-state index contributed by atoms with van der Waals surface area (Å²) in [5, 5.41) is 3.70. The molecule has 128 valence electrons. The Morgan fingerprint density at radius 2 is 1.84 bits per heavy atom. The number of benzene rings is 2. The van der Waals surface area contributed by atoms with Gasteiger partial charge in [-0.25, -0.2) is 4.68 Å². The summed E-state index contributed by atoms with van der Waals surface area (Å²) in [7, 11) is 0. The zero-order valence-electron chi connectivity index (χ0n) is 13.8. The van der Waals surface area contributed by atoms with E-state index in [1.165, 1.54) is 5.56 Å². The molecule has 1 heterocycles. The van der Waals surface area contributed by atoms with E-state index >= 15 is 0 Å². The third-order valence-electron chi connectivity index (χ3n) is 3.76. The molecule has 7 heteroatoms. The van der Waals surface area contributed by atoms with Gasteiger partial charge in [-0.2, -0.15) is 0 Å². The summed E-state index contributed by atoms with van der Waals surface area (Å²) in [6.45, 7) is 4.12. The topological polar surface area (TPSA) is 44.8 Å². The second kappa shape index (κ2) is 7.51. The number of hydrogen-bond acceptors (Lipinski definition) is 2. The van der Waals surface area contributed by atoms with Crippen molar-refractivity contribution in [2.45, 2.75) is 13.8 Å². The van der Waals surface area contributed by atoms with Crippen LogP contribution in [0.5, 0.6) is 0 Å². The van der Waals surface area contributed by atoms with E-state index in [2.05, 4.69) is 44.6 Å². The lowest BCUT2D eigenvalue weighted by Gasteiger charge is -2.15. The number of imidazole rings is 1. The number of halogens is 1. The minimum atomic E-state index is 0.473. The van der Waals surface area contributed by atoms with Crippen LogP contribution < -0.4 is 10.7 Å². The molecule has 3 rings (SSSR count). The lowest BCUT2D eigenvalue weighted by molar-refractivity contribution is 0.962. The van der Waals surface area contributed by atoms with E-state index in [1.807, 2.05) is 49.5 Å². The Morgan fingerprint density at radius 1 is 1.12 bits per heavy atom. The highest BCUT2D eigenvalue weighted by molar-refractivity contribution is 9.10. The number of hydrogen-bond donors (Lipinski definition) is 3. The first-order valence-corrected chi connectivity index (χ1v) is 9.26. The van der Waals surface area contributed by atoms with Gasteiger partial charge in [0.05, 0.1) is 5.69 Å². The van der Waals surface area contributed by atoms with Crippen LogP contribution in [-0.2, 0) is 0 Å². The van der Waals surface area contributed by atoms with E-state index in [0.717, 1.165) is 27.0 Å². The molecule has 3 aromatic rings. The number of rotatable bonds is 3. The molecule has 0 aliphatic carbocycles. The number of H-pyrrole nitrogens is 1. The Bertz CT molecular complexity index is 973. The smallest absolute Gasteiger partial charge is 0.196 e. The van der Waals surface area contributed by atoms with Crippen LogP contribution in [0.25, 0.3) is 11.3 Å². The molecule has 0 aliphatic rings. The maximum Gasteiger partial charge on any atom is 0.196 e. The largest absolute Gasteiger partial charge is 0.335 e. The van der Waals surface area contributed by atoms with Gasteiger partial charge >= 0.3 is 0 Å². The molecule has 3 N–H and O–H groups in total. The van der Waals surface area contributed by atoms with Crippen LogP contribution in [0, 0.1) is 18.6 Å². The standard InChI is InChI=1S/C18H17BrN4S2/c1-11-3-8-15(12(2)9-11)21-17(24)22-23-16(10-20-18(23)25)13-4-6-14(19)7-5-13/h3-10H,1-2H3,(H,20,25)(H2,21,22,24). The molecule has 0 amide bonds. The Morgan fingerprint density at radius 3 is 2.52 bits per heavy atom. The maximum absolute atomic E-state index is 5.46. The first kappa shape index (κ1) is 17.8. The van der Waals surface area contributed by atoms with Crippen LogP contribution >= 0.6 is 40.4 Å². The molecule has 25 heavy (non-hydrogen) atoms. The maximum atomic E-state index is 5.46. The fraction of sp³-hybridized carbons (Fsp3) is 0.111. The fourth-order valence-electron chi connectivity index (χ4n) is 2.52. The summed E-state index contributed by atoms with van der Waals surface area (Å²) in [5.41, 5.74) is 8.40. The van der Waals surface area contributed by atoms with Gasteiger partial charge in [-0.3, -0.25) is 5.43 Å². The Kier molecular flexibility index (Phi) is 5.36. The number of anilines is 1. The summed E-state index contributed by atoms with van der Waals surface area (Å²) < 4.78 is 3.33. The predicted octanol–water partition coefficient (Wildman–Crippen LogP) is 5.53. The molecular weight excluding hydrogens is 416 g/mol. The van der Waals surface area contributed by atoms with Crippen molar-refractivity contribution in [1.82, 2.24) is 9.66 Å². The van der Waals surface area contributed by atoms with Gasteiger partial charge in [0.2, 0.25) is 0 Å². The summed E-state index contributed by atoms with van der Waals surface area (Å²) in [6.07, 6.45) is 1.86. The quantitative estimate of drug-likeness (QED) is 0.475. The number of aryl methyl sites for hydroxylation is 2. The van der Waals surface area contributed by atoms with Crippen molar-refractivity contribution < 1.29 is 0 Å². The second-order valence-electron chi connectivity index (χ2n) is 5.71. The molecule has 0 saturated carbocycles. The van der Waals surface area contributed by atoms with Gasteiger partial charge in [0.25, 0.3) is 0 Å². The van der Waals surface area contributed by atoms with Crippen LogP contribution in [0.2, 0.25) is 0 Å². The van der Waals surface area contributed by atoms with Crippen molar-refractivity contribution in [3.05, 3.63) is 69.0 Å². The molecular formula is C18H17BrN4S2. The van der Waals surface area contributed by atoms with Crippen molar-refractivity contribution in [3.63, 3.8) is 0 Å². The third-order valence-corrected chi connectivity index (χ3v) is 4.78. The average molecular weight is 433 g/mol.